The first-order valence-corrected chi connectivity index (χ1v) is 4.59. The van der Waals surface area contributed by atoms with Crippen molar-refractivity contribution in [3.8, 4) is 0 Å². The number of carbonyl (C=O) groups excluding carboxylic acids is 2. The fourth-order valence-corrected chi connectivity index (χ4v) is 0.854. The molecule has 0 saturated carbocycles. The summed E-state index contributed by atoms with van der Waals surface area (Å²) in [5.74, 6) is -2.17. The normalized spacial score (nSPS) is 11.3. The number of carboxylic acids is 1. The van der Waals surface area contributed by atoms with Crippen LogP contribution in [0.2, 0.25) is 0 Å². The number of nitrogens with two attached hydrogens (primary N) is 1. The van der Waals surface area contributed by atoms with Crippen molar-refractivity contribution >= 4 is 29.5 Å². The zero-order valence-electron chi connectivity index (χ0n) is 8.33. The number of amides is 3. The standard InChI is InChI=1S/C8H12ClN3O4/c1-4(9)3-11-8(16)12-5(7(14)15)2-6(10)13/h5H,1-3H2,(H2,10,13)(H,14,15)(H2,11,12,16). The quantitative estimate of drug-likeness (QED) is 0.500. The first kappa shape index (κ1) is 14.2. The number of nitrogens with one attached hydrogen (secondary N) is 2. The Labute approximate surface area is 96.6 Å². The van der Waals surface area contributed by atoms with Crippen LogP contribution in [-0.4, -0.2) is 35.6 Å². The predicted molar refractivity (Wildman–Crippen MR) is 56.8 cm³/mol. The van der Waals surface area contributed by atoms with Gasteiger partial charge < -0.3 is 21.5 Å². The van der Waals surface area contributed by atoms with Crippen molar-refractivity contribution in [3.63, 3.8) is 0 Å². The molecule has 0 saturated heterocycles. The first-order valence-electron chi connectivity index (χ1n) is 4.21. The Morgan fingerprint density at radius 2 is 2.00 bits per heavy atom. The zero-order chi connectivity index (χ0) is 12.7. The molecule has 16 heavy (non-hydrogen) atoms. The molecule has 5 N–H and O–H groups in total. The van der Waals surface area contributed by atoms with Gasteiger partial charge in [-0.05, 0) is 0 Å². The van der Waals surface area contributed by atoms with Crippen LogP contribution < -0.4 is 16.4 Å². The van der Waals surface area contributed by atoms with Gasteiger partial charge in [-0.1, -0.05) is 18.2 Å². The summed E-state index contributed by atoms with van der Waals surface area (Å²) in [6.07, 6.45) is -0.482. The van der Waals surface area contributed by atoms with Crippen molar-refractivity contribution in [3.05, 3.63) is 11.6 Å². The summed E-state index contributed by atoms with van der Waals surface area (Å²) in [6.45, 7) is 3.32. The molecule has 7 nitrogen and oxygen atoms in total. The largest absolute Gasteiger partial charge is 0.480 e. The lowest BCUT2D eigenvalue weighted by atomic mass is 10.2. The van der Waals surface area contributed by atoms with E-state index in [1.54, 1.807) is 0 Å². The van der Waals surface area contributed by atoms with Gasteiger partial charge in [-0.2, -0.15) is 0 Å². The number of halogens is 1. The molecule has 0 aliphatic rings. The van der Waals surface area contributed by atoms with Crippen LogP contribution >= 0.6 is 11.6 Å². The van der Waals surface area contributed by atoms with Gasteiger partial charge in [0.25, 0.3) is 0 Å². The SMILES string of the molecule is C=C(Cl)CNC(=O)NC(CC(N)=O)C(=O)O. The molecule has 0 aromatic rings. The molecule has 0 heterocycles. The van der Waals surface area contributed by atoms with Crippen LogP contribution in [-0.2, 0) is 9.59 Å². The second-order valence-electron chi connectivity index (χ2n) is 2.91. The second kappa shape index (κ2) is 6.67. The molecule has 0 spiro atoms. The summed E-state index contributed by atoms with van der Waals surface area (Å²) in [5, 5.41) is 13.1. The lowest BCUT2D eigenvalue weighted by Gasteiger charge is -2.13. The van der Waals surface area contributed by atoms with Crippen LogP contribution in [0.5, 0.6) is 0 Å². The van der Waals surface area contributed by atoms with Gasteiger partial charge in [-0.15, -0.1) is 0 Å². The number of primary amides is 1. The molecule has 0 rings (SSSR count). The summed E-state index contributed by atoms with van der Waals surface area (Å²) in [5.41, 5.74) is 4.82. The molecule has 90 valence electrons. The molecule has 0 radical (unpaired) electrons. The third-order valence-electron chi connectivity index (χ3n) is 1.45. The monoisotopic (exact) mass is 249 g/mol. The Kier molecular flexibility index (Phi) is 5.94. The average Bonchev–Trinajstić information content (AvgIpc) is 2.12. The van der Waals surface area contributed by atoms with E-state index in [0.29, 0.717) is 0 Å². The Morgan fingerprint density at radius 1 is 1.44 bits per heavy atom. The minimum Gasteiger partial charge on any atom is -0.480 e. The van der Waals surface area contributed by atoms with Crippen molar-refractivity contribution in [2.45, 2.75) is 12.5 Å². The molecule has 1 unspecified atom stereocenters. The third kappa shape index (κ3) is 6.66. The Balaban J connectivity index is 4.18. The average molecular weight is 250 g/mol. The molecule has 0 aliphatic carbocycles. The fourth-order valence-electron chi connectivity index (χ4n) is 0.787. The first-order chi connectivity index (χ1) is 7.32. The highest BCUT2D eigenvalue weighted by molar-refractivity contribution is 6.29. The highest BCUT2D eigenvalue weighted by Gasteiger charge is 2.21. The maximum absolute atomic E-state index is 11.1. The highest BCUT2D eigenvalue weighted by Crippen LogP contribution is 1.94. The van der Waals surface area contributed by atoms with Crippen molar-refractivity contribution in [1.29, 1.82) is 0 Å². The van der Waals surface area contributed by atoms with Crippen molar-refractivity contribution in [2.24, 2.45) is 5.73 Å². The van der Waals surface area contributed by atoms with Crippen LogP contribution in [0.4, 0.5) is 4.79 Å². The molecule has 0 aliphatic heterocycles. The summed E-state index contributed by atoms with van der Waals surface area (Å²) in [6, 6.07) is -2.13. The number of carboxylic acid groups (broad SMARTS) is 1. The third-order valence-corrected chi connectivity index (χ3v) is 1.58. The molecule has 8 heteroatoms. The van der Waals surface area contributed by atoms with Crippen LogP contribution in [0, 0.1) is 0 Å². The Bertz CT molecular complexity index is 318. The molecule has 0 fully saturated rings. The van der Waals surface area contributed by atoms with Gasteiger partial charge in [0.1, 0.15) is 6.04 Å². The number of carbonyl (C=O) groups is 3. The summed E-state index contributed by atoms with van der Waals surface area (Å²) >= 11 is 5.38. The molecule has 3 amide bonds. The van der Waals surface area contributed by atoms with E-state index in [1.165, 1.54) is 0 Å². The lowest BCUT2D eigenvalue weighted by molar-refractivity contribution is -0.140. The van der Waals surface area contributed by atoms with Crippen molar-refractivity contribution in [1.82, 2.24) is 10.6 Å². The fraction of sp³-hybridized carbons (Fsp3) is 0.375. The molecule has 1 atom stereocenters. The van der Waals surface area contributed by atoms with Gasteiger partial charge in [0, 0.05) is 5.03 Å². The Morgan fingerprint density at radius 3 is 2.38 bits per heavy atom. The van der Waals surface area contributed by atoms with Gasteiger partial charge in [0.05, 0.1) is 13.0 Å². The second-order valence-corrected chi connectivity index (χ2v) is 3.44. The van der Waals surface area contributed by atoms with Crippen molar-refractivity contribution in [2.75, 3.05) is 6.54 Å². The van der Waals surface area contributed by atoms with E-state index < -0.39 is 30.4 Å². The van der Waals surface area contributed by atoms with E-state index in [0.717, 1.165) is 0 Å². The maximum Gasteiger partial charge on any atom is 0.326 e. The minimum atomic E-state index is -1.36. The minimum absolute atomic E-state index is 0.00367. The van der Waals surface area contributed by atoms with E-state index >= 15 is 0 Å². The number of aliphatic carboxylic acids is 1. The Hall–Kier alpha value is -1.76. The predicted octanol–water partition coefficient (Wildman–Crippen LogP) is -0.633. The van der Waals surface area contributed by atoms with E-state index in [4.69, 9.17) is 22.4 Å². The topological polar surface area (TPSA) is 122 Å². The number of rotatable bonds is 6. The van der Waals surface area contributed by atoms with Gasteiger partial charge in [0.2, 0.25) is 5.91 Å². The van der Waals surface area contributed by atoms with Crippen LogP contribution in [0.15, 0.2) is 11.6 Å². The molecule has 0 bridgehead atoms. The van der Waals surface area contributed by atoms with E-state index in [-0.39, 0.29) is 11.6 Å². The maximum atomic E-state index is 11.1. The van der Waals surface area contributed by atoms with Gasteiger partial charge in [-0.25, -0.2) is 9.59 Å². The summed E-state index contributed by atoms with van der Waals surface area (Å²) in [4.78, 5) is 32.2. The smallest absolute Gasteiger partial charge is 0.326 e. The molecule has 0 aromatic carbocycles. The number of hydrogen-bond acceptors (Lipinski definition) is 3. The molecular weight excluding hydrogens is 238 g/mol. The van der Waals surface area contributed by atoms with Gasteiger partial charge in [0.15, 0.2) is 0 Å². The number of hydrogen-bond donors (Lipinski definition) is 4. The van der Waals surface area contributed by atoms with Crippen LogP contribution in [0.3, 0.4) is 0 Å². The van der Waals surface area contributed by atoms with E-state index in [1.807, 2.05) is 0 Å². The summed E-state index contributed by atoms with van der Waals surface area (Å²) in [7, 11) is 0. The van der Waals surface area contributed by atoms with E-state index in [2.05, 4.69) is 17.2 Å². The van der Waals surface area contributed by atoms with E-state index in [9.17, 15) is 14.4 Å². The van der Waals surface area contributed by atoms with Gasteiger partial charge in [-0.3, -0.25) is 4.79 Å². The van der Waals surface area contributed by atoms with Crippen LogP contribution in [0.25, 0.3) is 0 Å². The molecular formula is C8H12ClN3O4. The molecule has 0 aromatic heterocycles. The van der Waals surface area contributed by atoms with Crippen LogP contribution in [0.1, 0.15) is 6.42 Å². The summed E-state index contributed by atoms with van der Waals surface area (Å²) < 4.78 is 0. The lowest BCUT2D eigenvalue weighted by Crippen LogP contribution is -2.47. The van der Waals surface area contributed by atoms with Crippen molar-refractivity contribution < 1.29 is 19.5 Å². The van der Waals surface area contributed by atoms with Gasteiger partial charge >= 0.3 is 12.0 Å². The zero-order valence-corrected chi connectivity index (χ0v) is 9.08. The highest BCUT2D eigenvalue weighted by atomic mass is 35.5. The number of urea groups is 1.